The second kappa shape index (κ2) is 5.41. The van der Waals surface area contributed by atoms with E-state index in [1.807, 2.05) is 23.7 Å². The number of hydrogen-bond donors (Lipinski definition) is 1. The molecule has 1 saturated heterocycles. The normalized spacial score (nSPS) is 35.0. The molecule has 0 bridgehead atoms. The fourth-order valence-corrected chi connectivity index (χ4v) is 3.77. The highest BCUT2D eigenvalue weighted by molar-refractivity contribution is 7.99. The van der Waals surface area contributed by atoms with Crippen LogP contribution in [-0.4, -0.2) is 41.6 Å². The third-order valence-corrected chi connectivity index (χ3v) is 4.87. The summed E-state index contributed by atoms with van der Waals surface area (Å²) in [6.07, 6.45) is 5.06. The highest BCUT2D eigenvalue weighted by Crippen LogP contribution is 2.28. The molecule has 16 heavy (non-hydrogen) atoms. The first-order valence-corrected chi connectivity index (χ1v) is 7.43. The van der Waals surface area contributed by atoms with Crippen LogP contribution in [0.15, 0.2) is 0 Å². The lowest BCUT2D eigenvalue weighted by molar-refractivity contribution is -0.135. The Morgan fingerprint density at radius 2 is 2.12 bits per heavy atom. The van der Waals surface area contributed by atoms with Crippen LogP contribution in [-0.2, 0) is 4.79 Å². The van der Waals surface area contributed by atoms with Crippen LogP contribution in [0.2, 0.25) is 0 Å². The summed E-state index contributed by atoms with van der Waals surface area (Å²) in [4.78, 5) is 14.2. The predicted octanol–water partition coefficient (Wildman–Crippen LogP) is 1.69. The summed E-state index contributed by atoms with van der Waals surface area (Å²) in [5, 5.41) is 3.26. The quantitative estimate of drug-likeness (QED) is 0.800. The second-order valence-corrected chi connectivity index (χ2v) is 6.08. The topological polar surface area (TPSA) is 32.3 Å². The molecule has 1 aliphatic carbocycles. The van der Waals surface area contributed by atoms with Crippen LogP contribution < -0.4 is 5.32 Å². The van der Waals surface area contributed by atoms with Crippen molar-refractivity contribution < 1.29 is 4.79 Å². The molecule has 1 N–H and O–H groups in total. The molecule has 1 saturated carbocycles. The first kappa shape index (κ1) is 12.2. The van der Waals surface area contributed by atoms with Gasteiger partial charge in [0.1, 0.15) is 0 Å². The number of likely N-dealkylation sites (N-methyl/N-ethyl adjacent to an activating group) is 1. The summed E-state index contributed by atoms with van der Waals surface area (Å²) >= 11 is 1.82. The van der Waals surface area contributed by atoms with Crippen LogP contribution in [0.5, 0.6) is 0 Å². The first-order valence-electron chi connectivity index (χ1n) is 6.28. The van der Waals surface area contributed by atoms with Gasteiger partial charge in [-0.3, -0.25) is 10.1 Å². The summed E-state index contributed by atoms with van der Waals surface area (Å²) < 4.78 is 0. The average molecular weight is 242 g/mol. The van der Waals surface area contributed by atoms with Crippen molar-refractivity contribution in [2.45, 2.75) is 44.7 Å². The van der Waals surface area contributed by atoms with Crippen molar-refractivity contribution in [2.75, 3.05) is 18.7 Å². The van der Waals surface area contributed by atoms with Crippen LogP contribution in [0, 0.1) is 5.92 Å². The van der Waals surface area contributed by atoms with Crippen molar-refractivity contribution in [1.29, 1.82) is 0 Å². The second-order valence-electron chi connectivity index (χ2n) is 5.05. The molecule has 2 rings (SSSR count). The number of nitrogens with one attached hydrogen (secondary N) is 1. The Morgan fingerprint density at radius 1 is 1.38 bits per heavy atom. The summed E-state index contributed by atoms with van der Waals surface area (Å²) in [7, 11) is 1.99. The van der Waals surface area contributed by atoms with Gasteiger partial charge in [-0.2, -0.15) is 0 Å². The van der Waals surface area contributed by atoms with Gasteiger partial charge in [-0.15, -0.1) is 11.8 Å². The Labute approximate surface area is 102 Å². The Balaban J connectivity index is 1.94. The Kier molecular flexibility index (Phi) is 4.14. The van der Waals surface area contributed by atoms with Gasteiger partial charge in [0, 0.05) is 24.7 Å². The highest BCUT2D eigenvalue weighted by atomic mass is 32.2. The Hall–Kier alpha value is -0.220. The van der Waals surface area contributed by atoms with Crippen molar-refractivity contribution in [3.8, 4) is 0 Å². The van der Waals surface area contributed by atoms with E-state index in [0.29, 0.717) is 17.9 Å². The molecule has 0 spiro atoms. The average Bonchev–Trinajstić information content (AvgIpc) is 2.81. The maximum atomic E-state index is 12.2. The number of hydrogen-bond acceptors (Lipinski definition) is 3. The highest BCUT2D eigenvalue weighted by Gasteiger charge is 2.32. The minimum atomic E-state index is 0.0594. The number of carbonyl (C=O) groups excluding carboxylic acids is 1. The van der Waals surface area contributed by atoms with E-state index >= 15 is 0 Å². The SMILES string of the molecule is CC1CCCCC1N(C)C(=O)C1CSCN1. The zero-order chi connectivity index (χ0) is 11.5. The van der Waals surface area contributed by atoms with Crippen molar-refractivity contribution in [2.24, 2.45) is 5.92 Å². The van der Waals surface area contributed by atoms with Crippen LogP contribution >= 0.6 is 11.8 Å². The minimum Gasteiger partial charge on any atom is -0.341 e. The molecule has 2 fully saturated rings. The van der Waals surface area contributed by atoms with Crippen molar-refractivity contribution in [3.63, 3.8) is 0 Å². The van der Waals surface area contributed by atoms with Gasteiger partial charge in [0.25, 0.3) is 0 Å². The summed E-state index contributed by atoms with van der Waals surface area (Å²) in [6, 6.07) is 0.526. The van der Waals surface area contributed by atoms with Gasteiger partial charge < -0.3 is 4.90 Å². The van der Waals surface area contributed by atoms with Gasteiger partial charge in [-0.25, -0.2) is 0 Å². The van der Waals surface area contributed by atoms with Crippen molar-refractivity contribution >= 4 is 17.7 Å². The van der Waals surface area contributed by atoms with E-state index in [1.165, 1.54) is 25.7 Å². The molecule has 0 aromatic rings. The standard InChI is InChI=1S/C12H22N2OS/c1-9-5-3-4-6-11(9)14(2)12(15)10-7-16-8-13-10/h9-11,13H,3-8H2,1-2H3. The van der Waals surface area contributed by atoms with Gasteiger partial charge in [-0.1, -0.05) is 19.8 Å². The lowest BCUT2D eigenvalue weighted by atomic mass is 9.85. The maximum absolute atomic E-state index is 12.2. The fourth-order valence-electron chi connectivity index (χ4n) is 2.84. The van der Waals surface area contributed by atoms with Gasteiger partial charge in [0.05, 0.1) is 6.04 Å². The van der Waals surface area contributed by atoms with Crippen LogP contribution in [0.25, 0.3) is 0 Å². The molecule has 92 valence electrons. The van der Waals surface area contributed by atoms with Crippen molar-refractivity contribution in [1.82, 2.24) is 10.2 Å². The molecule has 3 nitrogen and oxygen atoms in total. The minimum absolute atomic E-state index is 0.0594. The molecule has 1 heterocycles. The molecule has 4 heteroatoms. The molecule has 0 aromatic carbocycles. The monoisotopic (exact) mass is 242 g/mol. The fraction of sp³-hybridized carbons (Fsp3) is 0.917. The van der Waals surface area contributed by atoms with E-state index in [-0.39, 0.29) is 6.04 Å². The van der Waals surface area contributed by atoms with Gasteiger partial charge in [0.2, 0.25) is 5.91 Å². The third kappa shape index (κ3) is 2.54. The van der Waals surface area contributed by atoms with Crippen LogP contribution in [0.1, 0.15) is 32.6 Å². The van der Waals surface area contributed by atoms with E-state index in [0.717, 1.165) is 11.6 Å². The Morgan fingerprint density at radius 3 is 2.75 bits per heavy atom. The number of thioether (sulfide) groups is 1. The molecule has 0 radical (unpaired) electrons. The number of carbonyl (C=O) groups is 1. The molecule has 1 aliphatic heterocycles. The smallest absolute Gasteiger partial charge is 0.240 e. The van der Waals surface area contributed by atoms with E-state index in [2.05, 4.69) is 12.2 Å². The predicted molar refractivity (Wildman–Crippen MR) is 68.4 cm³/mol. The number of rotatable bonds is 2. The number of amides is 1. The molecule has 0 aromatic heterocycles. The number of nitrogens with zero attached hydrogens (tertiary/aromatic N) is 1. The lowest BCUT2D eigenvalue weighted by Gasteiger charge is -2.37. The van der Waals surface area contributed by atoms with E-state index < -0.39 is 0 Å². The van der Waals surface area contributed by atoms with Crippen LogP contribution in [0.3, 0.4) is 0 Å². The molecular formula is C12H22N2OS. The van der Waals surface area contributed by atoms with Crippen LogP contribution in [0.4, 0.5) is 0 Å². The summed E-state index contributed by atoms with van der Waals surface area (Å²) in [6.45, 7) is 2.28. The zero-order valence-electron chi connectivity index (χ0n) is 10.2. The van der Waals surface area contributed by atoms with E-state index in [9.17, 15) is 4.79 Å². The molecule has 3 atom stereocenters. The van der Waals surface area contributed by atoms with Gasteiger partial charge >= 0.3 is 0 Å². The largest absolute Gasteiger partial charge is 0.341 e. The van der Waals surface area contributed by atoms with E-state index in [4.69, 9.17) is 0 Å². The van der Waals surface area contributed by atoms with Crippen molar-refractivity contribution in [3.05, 3.63) is 0 Å². The first-order chi connectivity index (χ1) is 7.70. The van der Waals surface area contributed by atoms with Gasteiger partial charge in [-0.05, 0) is 18.8 Å². The van der Waals surface area contributed by atoms with Gasteiger partial charge in [0.15, 0.2) is 0 Å². The lowest BCUT2D eigenvalue weighted by Crippen LogP contribution is -2.50. The Bertz CT molecular complexity index is 253. The summed E-state index contributed by atoms with van der Waals surface area (Å²) in [5.41, 5.74) is 0. The maximum Gasteiger partial charge on any atom is 0.240 e. The third-order valence-electron chi connectivity index (χ3n) is 3.93. The molecule has 1 amide bonds. The molecule has 2 aliphatic rings. The molecular weight excluding hydrogens is 220 g/mol. The van der Waals surface area contributed by atoms with E-state index in [1.54, 1.807) is 0 Å². The summed E-state index contributed by atoms with van der Waals surface area (Å²) in [5.74, 6) is 2.81. The zero-order valence-corrected chi connectivity index (χ0v) is 11.1. The molecule has 3 unspecified atom stereocenters.